The van der Waals surface area contributed by atoms with Crippen LogP contribution in [0.25, 0.3) is 5.69 Å². The third-order valence-electron chi connectivity index (χ3n) is 3.24. The van der Waals surface area contributed by atoms with Crippen LogP contribution in [0.1, 0.15) is 25.5 Å². The van der Waals surface area contributed by atoms with E-state index < -0.39 is 0 Å². The maximum Gasteiger partial charge on any atom is 0.246 e. The molecule has 0 aliphatic heterocycles. The van der Waals surface area contributed by atoms with Crippen LogP contribution < -0.4 is 10.1 Å². The summed E-state index contributed by atoms with van der Waals surface area (Å²) in [6.45, 7) is 4.37. The first-order chi connectivity index (χ1) is 10.6. The summed E-state index contributed by atoms with van der Waals surface area (Å²) in [5.41, 5.74) is 1.83. The van der Waals surface area contributed by atoms with Gasteiger partial charge in [-0.1, -0.05) is 6.07 Å². The zero-order valence-electron chi connectivity index (χ0n) is 13.1. The molecular weight excluding hydrogens is 282 g/mol. The van der Waals surface area contributed by atoms with Crippen molar-refractivity contribution in [3.05, 3.63) is 42.2 Å². The molecule has 0 radical (unpaired) electrons. The molecule has 0 saturated heterocycles. The largest absolute Gasteiger partial charge is 0.497 e. The van der Waals surface area contributed by atoms with E-state index in [1.54, 1.807) is 18.0 Å². The van der Waals surface area contributed by atoms with Gasteiger partial charge in [0.15, 0.2) is 0 Å². The van der Waals surface area contributed by atoms with Gasteiger partial charge in [-0.15, -0.1) is 0 Å². The summed E-state index contributed by atoms with van der Waals surface area (Å²) in [7, 11) is 1.63. The fraction of sp³-hybridized carbons (Fsp3) is 0.375. The third kappa shape index (κ3) is 4.08. The molecule has 0 saturated carbocycles. The minimum absolute atomic E-state index is 0.0743. The summed E-state index contributed by atoms with van der Waals surface area (Å²) in [5.74, 6) is 0.635. The molecule has 0 spiro atoms. The number of rotatable bonds is 7. The number of nitrogens with zero attached hydrogens (tertiary/aromatic N) is 2. The summed E-state index contributed by atoms with van der Waals surface area (Å²) >= 11 is 0. The van der Waals surface area contributed by atoms with Gasteiger partial charge >= 0.3 is 0 Å². The number of amides is 1. The van der Waals surface area contributed by atoms with Gasteiger partial charge in [-0.3, -0.25) is 4.79 Å². The summed E-state index contributed by atoms with van der Waals surface area (Å²) in [6, 6.07) is 7.49. The van der Waals surface area contributed by atoms with E-state index in [1.807, 2.05) is 44.3 Å². The highest BCUT2D eigenvalue weighted by Gasteiger charge is 2.12. The minimum atomic E-state index is -0.136. The van der Waals surface area contributed by atoms with Gasteiger partial charge in [-0.05, 0) is 26.0 Å². The number of methoxy groups -OCH3 is 1. The van der Waals surface area contributed by atoms with E-state index in [0.29, 0.717) is 6.61 Å². The van der Waals surface area contributed by atoms with Crippen molar-refractivity contribution >= 4 is 5.91 Å². The second-order valence-corrected chi connectivity index (χ2v) is 4.85. The second kappa shape index (κ2) is 7.61. The molecule has 0 bridgehead atoms. The molecule has 1 aromatic heterocycles. The Morgan fingerprint density at radius 2 is 2.27 bits per heavy atom. The van der Waals surface area contributed by atoms with Crippen LogP contribution in [0.4, 0.5) is 0 Å². The standard InChI is InChI=1S/C16H21N3O3/c1-4-22-11-16(20)18-12(2)13-9-17-19(10-13)14-6-5-7-15(8-14)21-3/h5-10,12H,4,11H2,1-3H3,(H,18,20)/t12-/m1/s1. The van der Waals surface area contributed by atoms with Crippen molar-refractivity contribution < 1.29 is 14.3 Å². The minimum Gasteiger partial charge on any atom is -0.497 e. The number of benzene rings is 1. The highest BCUT2D eigenvalue weighted by atomic mass is 16.5. The van der Waals surface area contributed by atoms with Gasteiger partial charge < -0.3 is 14.8 Å². The van der Waals surface area contributed by atoms with Crippen LogP contribution in [0.5, 0.6) is 5.75 Å². The van der Waals surface area contributed by atoms with Gasteiger partial charge in [0.2, 0.25) is 5.91 Å². The second-order valence-electron chi connectivity index (χ2n) is 4.85. The van der Waals surface area contributed by atoms with Gasteiger partial charge in [-0.25, -0.2) is 4.68 Å². The molecular formula is C16H21N3O3. The highest BCUT2D eigenvalue weighted by molar-refractivity contribution is 5.77. The first-order valence-electron chi connectivity index (χ1n) is 7.20. The highest BCUT2D eigenvalue weighted by Crippen LogP contribution is 2.18. The monoisotopic (exact) mass is 303 g/mol. The van der Waals surface area contributed by atoms with Crippen LogP contribution in [-0.4, -0.2) is 36.0 Å². The van der Waals surface area contributed by atoms with Crippen molar-refractivity contribution in [2.24, 2.45) is 0 Å². The lowest BCUT2D eigenvalue weighted by molar-refractivity contribution is -0.126. The van der Waals surface area contributed by atoms with Crippen molar-refractivity contribution in [2.45, 2.75) is 19.9 Å². The summed E-state index contributed by atoms with van der Waals surface area (Å²) in [4.78, 5) is 11.7. The number of carbonyl (C=O) groups excluding carboxylic acids is 1. The first kappa shape index (κ1) is 16.0. The molecule has 2 rings (SSSR count). The maximum absolute atomic E-state index is 11.7. The lowest BCUT2D eigenvalue weighted by Gasteiger charge is -2.11. The Kier molecular flexibility index (Phi) is 5.55. The van der Waals surface area contributed by atoms with E-state index in [4.69, 9.17) is 9.47 Å². The zero-order valence-corrected chi connectivity index (χ0v) is 13.1. The van der Waals surface area contributed by atoms with Crippen LogP contribution in [0.3, 0.4) is 0 Å². The third-order valence-corrected chi connectivity index (χ3v) is 3.24. The summed E-state index contributed by atoms with van der Waals surface area (Å²) in [5, 5.41) is 7.21. The van der Waals surface area contributed by atoms with Crippen LogP contribution in [0.15, 0.2) is 36.7 Å². The molecule has 22 heavy (non-hydrogen) atoms. The summed E-state index contributed by atoms with van der Waals surface area (Å²) in [6.07, 6.45) is 3.63. The quantitative estimate of drug-likeness (QED) is 0.850. The van der Waals surface area contributed by atoms with E-state index in [0.717, 1.165) is 17.0 Å². The van der Waals surface area contributed by atoms with Crippen molar-refractivity contribution in [1.82, 2.24) is 15.1 Å². The predicted molar refractivity (Wildman–Crippen MR) is 83.2 cm³/mol. The lowest BCUT2D eigenvalue weighted by atomic mass is 10.2. The molecule has 1 aromatic carbocycles. The molecule has 0 unspecified atom stereocenters. The van der Waals surface area contributed by atoms with Crippen molar-refractivity contribution in [2.75, 3.05) is 20.3 Å². The average Bonchev–Trinajstić information content (AvgIpc) is 3.03. The van der Waals surface area contributed by atoms with Gasteiger partial charge in [0.1, 0.15) is 12.4 Å². The van der Waals surface area contributed by atoms with E-state index in [2.05, 4.69) is 10.4 Å². The number of ether oxygens (including phenoxy) is 2. The molecule has 0 aliphatic rings. The smallest absolute Gasteiger partial charge is 0.246 e. The fourth-order valence-electron chi connectivity index (χ4n) is 2.02. The van der Waals surface area contributed by atoms with E-state index >= 15 is 0 Å². The molecule has 1 heterocycles. The molecule has 6 heteroatoms. The Hall–Kier alpha value is -2.34. The van der Waals surface area contributed by atoms with Crippen LogP contribution in [-0.2, 0) is 9.53 Å². The Bertz CT molecular complexity index is 625. The zero-order chi connectivity index (χ0) is 15.9. The Balaban J connectivity index is 2.05. The normalized spacial score (nSPS) is 12.0. The lowest BCUT2D eigenvalue weighted by Crippen LogP contribution is -2.30. The number of nitrogens with one attached hydrogen (secondary N) is 1. The van der Waals surface area contributed by atoms with Gasteiger partial charge in [-0.2, -0.15) is 5.10 Å². The first-order valence-corrected chi connectivity index (χ1v) is 7.20. The van der Waals surface area contributed by atoms with Crippen LogP contribution >= 0.6 is 0 Å². The van der Waals surface area contributed by atoms with Gasteiger partial charge in [0.25, 0.3) is 0 Å². The average molecular weight is 303 g/mol. The predicted octanol–water partition coefficient (Wildman–Crippen LogP) is 2.09. The molecule has 0 fully saturated rings. The van der Waals surface area contributed by atoms with E-state index in [-0.39, 0.29) is 18.6 Å². The van der Waals surface area contributed by atoms with Crippen LogP contribution in [0.2, 0.25) is 0 Å². The Morgan fingerprint density at radius 1 is 1.45 bits per heavy atom. The van der Waals surface area contributed by atoms with Crippen LogP contribution in [0, 0.1) is 0 Å². The van der Waals surface area contributed by atoms with Crippen molar-refractivity contribution in [3.63, 3.8) is 0 Å². The molecule has 1 N–H and O–H groups in total. The van der Waals surface area contributed by atoms with Gasteiger partial charge in [0.05, 0.1) is 25.0 Å². The number of hydrogen-bond donors (Lipinski definition) is 1. The molecule has 6 nitrogen and oxygen atoms in total. The van der Waals surface area contributed by atoms with E-state index in [9.17, 15) is 4.79 Å². The van der Waals surface area contributed by atoms with Gasteiger partial charge in [0, 0.05) is 24.4 Å². The topological polar surface area (TPSA) is 65.4 Å². The molecule has 0 aliphatic carbocycles. The SMILES string of the molecule is CCOCC(=O)N[C@H](C)c1cnn(-c2cccc(OC)c2)c1. The van der Waals surface area contributed by atoms with Crippen molar-refractivity contribution in [1.29, 1.82) is 0 Å². The number of carbonyl (C=O) groups is 1. The Morgan fingerprint density at radius 3 is 3.00 bits per heavy atom. The van der Waals surface area contributed by atoms with E-state index in [1.165, 1.54) is 0 Å². The number of aromatic nitrogens is 2. The Labute approximate surface area is 130 Å². The maximum atomic E-state index is 11.7. The fourth-order valence-corrected chi connectivity index (χ4v) is 2.02. The molecule has 2 aromatic rings. The number of hydrogen-bond acceptors (Lipinski definition) is 4. The van der Waals surface area contributed by atoms with Crippen molar-refractivity contribution in [3.8, 4) is 11.4 Å². The summed E-state index contributed by atoms with van der Waals surface area (Å²) < 4.78 is 12.0. The molecule has 1 amide bonds. The molecule has 1 atom stereocenters. The molecule has 118 valence electrons.